The van der Waals surface area contributed by atoms with Crippen molar-refractivity contribution in [3.05, 3.63) is 41.5 Å². The van der Waals surface area contributed by atoms with Gasteiger partial charge in [-0.25, -0.2) is 13.1 Å². The molecule has 7 heteroatoms. The summed E-state index contributed by atoms with van der Waals surface area (Å²) in [5.74, 6) is -0.0619. The van der Waals surface area contributed by atoms with Gasteiger partial charge in [0.15, 0.2) is 5.78 Å². The number of hydrogen-bond donors (Lipinski definition) is 2. The highest BCUT2D eigenvalue weighted by molar-refractivity contribution is 7.89. The monoisotopic (exact) mass is 344 g/mol. The minimum Gasteiger partial charge on any atom is -0.313 e. The first-order chi connectivity index (χ1) is 10.0. The molecule has 1 aliphatic rings. The van der Waals surface area contributed by atoms with Crippen LogP contribution < -0.4 is 10.0 Å². The number of nitrogens with one attached hydrogen (secondary N) is 2. The van der Waals surface area contributed by atoms with Crippen LogP contribution in [0.1, 0.15) is 30.1 Å². The Morgan fingerprint density at radius 3 is 2.77 bits per heavy atom. The van der Waals surface area contributed by atoms with Gasteiger partial charge < -0.3 is 5.32 Å². The quantitative estimate of drug-likeness (QED) is 0.610. The van der Waals surface area contributed by atoms with Crippen LogP contribution in [0.2, 0.25) is 0 Å². The van der Waals surface area contributed by atoms with E-state index in [0.717, 1.165) is 25.1 Å². The molecule has 0 spiro atoms. The summed E-state index contributed by atoms with van der Waals surface area (Å²) in [4.78, 5) is 11.8. The summed E-state index contributed by atoms with van der Waals surface area (Å²) in [6.45, 7) is 3.72. The second-order valence-electron chi connectivity index (χ2n) is 4.95. The van der Waals surface area contributed by atoms with Crippen molar-refractivity contribution in [1.29, 1.82) is 0 Å². The topological polar surface area (TPSA) is 75.3 Å². The van der Waals surface area contributed by atoms with Crippen LogP contribution in [0, 0.1) is 0 Å². The minimum atomic E-state index is -3.59. The van der Waals surface area contributed by atoms with E-state index in [0.29, 0.717) is 18.5 Å². The summed E-state index contributed by atoms with van der Waals surface area (Å²) < 4.78 is 27.1. The van der Waals surface area contributed by atoms with E-state index < -0.39 is 10.0 Å². The van der Waals surface area contributed by atoms with E-state index in [1.807, 2.05) is 6.08 Å². The number of sulfonamides is 1. The lowest BCUT2D eigenvalue weighted by molar-refractivity contribution is 0.0988. The summed E-state index contributed by atoms with van der Waals surface area (Å²) in [6, 6.07) is 6.18. The number of hydrogen-bond acceptors (Lipinski definition) is 4. The molecule has 0 saturated heterocycles. The third-order valence-corrected chi connectivity index (χ3v) is 4.83. The predicted octanol–water partition coefficient (Wildman–Crippen LogP) is 1.90. The molecule has 22 heavy (non-hydrogen) atoms. The molecule has 122 valence electrons. The molecular formula is C15H21ClN2O3S. The molecule has 1 aliphatic heterocycles. The molecule has 2 rings (SSSR count). The molecule has 1 aromatic carbocycles. The summed E-state index contributed by atoms with van der Waals surface area (Å²) in [7, 11) is -3.59. The molecule has 1 aromatic rings. The maximum atomic E-state index is 12.3. The Morgan fingerprint density at radius 2 is 2.14 bits per heavy atom. The number of benzene rings is 1. The van der Waals surface area contributed by atoms with Gasteiger partial charge in [0.1, 0.15) is 0 Å². The molecule has 0 aliphatic carbocycles. The standard InChI is InChI=1S/C15H20N2O3S.ClH/c1-2-15(18)13-4-3-5-14(10-13)21(19,20)17-11-12-6-8-16-9-7-12;/h3-6,10,16-17H,2,7-9,11H2,1H3;1H. The van der Waals surface area contributed by atoms with Crippen molar-refractivity contribution in [2.75, 3.05) is 19.6 Å². The van der Waals surface area contributed by atoms with E-state index in [1.165, 1.54) is 12.1 Å². The van der Waals surface area contributed by atoms with Gasteiger partial charge in [0.05, 0.1) is 4.90 Å². The molecule has 0 radical (unpaired) electrons. The molecule has 0 bridgehead atoms. The summed E-state index contributed by atoms with van der Waals surface area (Å²) in [5.41, 5.74) is 1.51. The zero-order valence-electron chi connectivity index (χ0n) is 12.5. The van der Waals surface area contributed by atoms with E-state index in [2.05, 4.69) is 10.0 Å². The zero-order valence-corrected chi connectivity index (χ0v) is 14.1. The average molecular weight is 345 g/mol. The maximum absolute atomic E-state index is 12.3. The second-order valence-corrected chi connectivity index (χ2v) is 6.71. The van der Waals surface area contributed by atoms with Crippen LogP contribution in [0.25, 0.3) is 0 Å². The Hall–Kier alpha value is -1.21. The largest absolute Gasteiger partial charge is 0.313 e. The lowest BCUT2D eigenvalue weighted by atomic mass is 10.1. The summed E-state index contributed by atoms with van der Waals surface area (Å²) in [5, 5.41) is 3.18. The smallest absolute Gasteiger partial charge is 0.240 e. The normalized spacial score (nSPS) is 14.9. The van der Waals surface area contributed by atoms with Crippen LogP contribution >= 0.6 is 12.4 Å². The van der Waals surface area contributed by atoms with E-state index in [4.69, 9.17) is 0 Å². The van der Waals surface area contributed by atoms with Gasteiger partial charge in [0.25, 0.3) is 0 Å². The molecule has 0 aromatic heterocycles. The molecule has 0 atom stereocenters. The van der Waals surface area contributed by atoms with E-state index in [9.17, 15) is 13.2 Å². The molecule has 1 heterocycles. The van der Waals surface area contributed by atoms with Crippen molar-refractivity contribution in [3.8, 4) is 0 Å². The van der Waals surface area contributed by atoms with Crippen LogP contribution in [0.5, 0.6) is 0 Å². The lowest BCUT2D eigenvalue weighted by Gasteiger charge is -2.15. The van der Waals surface area contributed by atoms with Crippen molar-refractivity contribution in [2.45, 2.75) is 24.7 Å². The SMILES string of the molecule is CCC(=O)c1cccc(S(=O)(=O)NCC2=CCNCC2)c1.Cl. The van der Waals surface area contributed by atoms with Crippen molar-refractivity contribution in [3.63, 3.8) is 0 Å². The first kappa shape index (κ1) is 18.8. The fraction of sp³-hybridized carbons (Fsp3) is 0.400. The van der Waals surface area contributed by atoms with Crippen LogP contribution in [-0.4, -0.2) is 33.8 Å². The fourth-order valence-electron chi connectivity index (χ4n) is 2.14. The molecule has 0 saturated carbocycles. The third-order valence-electron chi connectivity index (χ3n) is 3.43. The van der Waals surface area contributed by atoms with Crippen molar-refractivity contribution < 1.29 is 13.2 Å². The van der Waals surface area contributed by atoms with E-state index >= 15 is 0 Å². The van der Waals surface area contributed by atoms with Crippen molar-refractivity contribution >= 4 is 28.2 Å². The number of carbonyl (C=O) groups excluding carboxylic acids is 1. The van der Waals surface area contributed by atoms with E-state index in [1.54, 1.807) is 19.1 Å². The Balaban J connectivity index is 0.00000242. The highest BCUT2D eigenvalue weighted by Gasteiger charge is 2.16. The number of ketones is 1. The number of rotatable bonds is 6. The number of Topliss-reactive ketones (excluding diaryl/α,β-unsaturated/α-hetero) is 1. The third kappa shape index (κ3) is 4.91. The number of halogens is 1. The molecule has 5 nitrogen and oxygen atoms in total. The molecule has 0 unspecified atom stereocenters. The van der Waals surface area contributed by atoms with Crippen LogP contribution in [0.15, 0.2) is 40.8 Å². The summed E-state index contributed by atoms with van der Waals surface area (Å²) >= 11 is 0. The Kier molecular flexibility index (Phi) is 7.22. The van der Waals surface area contributed by atoms with Crippen LogP contribution in [0.3, 0.4) is 0 Å². The first-order valence-electron chi connectivity index (χ1n) is 7.04. The van der Waals surface area contributed by atoms with Gasteiger partial charge in [-0.15, -0.1) is 12.4 Å². The molecule has 2 N–H and O–H groups in total. The van der Waals surface area contributed by atoms with Gasteiger partial charge in [-0.05, 0) is 25.1 Å². The second kappa shape index (κ2) is 8.43. The van der Waals surface area contributed by atoms with Crippen molar-refractivity contribution in [1.82, 2.24) is 10.0 Å². The van der Waals surface area contributed by atoms with Gasteiger partial charge >= 0.3 is 0 Å². The van der Waals surface area contributed by atoms with Crippen LogP contribution in [0.4, 0.5) is 0 Å². The van der Waals surface area contributed by atoms with Gasteiger partial charge in [-0.1, -0.05) is 30.7 Å². The predicted molar refractivity (Wildman–Crippen MR) is 89.1 cm³/mol. The maximum Gasteiger partial charge on any atom is 0.240 e. The Bertz CT molecular complexity index is 657. The van der Waals surface area contributed by atoms with Gasteiger partial charge in [-0.2, -0.15) is 0 Å². The Labute approximate surface area is 137 Å². The van der Waals surface area contributed by atoms with E-state index in [-0.39, 0.29) is 23.1 Å². The highest BCUT2D eigenvalue weighted by Crippen LogP contribution is 2.14. The molecule has 0 fully saturated rings. The highest BCUT2D eigenvalue weighted by atomic mass is 35.5. The van der Waals surface area contributed by atoms with Gasteiger partial charge in [-0.3, -0.25) is 4.79 Å². The average Bonchev–Trinajstić information content (AvgIpc) is 2.53. The molecule has 0 amide bonds. The molecular weight excluding hydrogens is 324 g/mol. The minimum absolute atomic E-state index is 0. The first-order valence-corrected chi connectivity index (χ1v) is 8.53. The van der Waals surface area contributed by atoms with Gasteiger partial charge in [0, 0.05) is 25.1 Å². The summed E-state index contributed by atoms with van der Waals surface area (Å²) in [6.07, 6.45) is 3.21. The Morgan fingerprint density at radius 1 is 1.36 bits per heavy atom. The number of carbonyl (C=O) groups is 1. The zero-order chi connectivity index (χ0) is 15.3. The van der Waals surface area contributed by atoms with Crippen molar-refractivity contribution in [2.24, 2.45) is 0 Å². The van der Waals surface area contributed by atoms with Crippen LogP contribution in [-0.2, 0) is 10.0 Å². The van der Waals surface area contributed by atoms with Gasteiger partial charge in [0.2, 0.25) is 10.0 Å². The lowest BCUT2D eigenvalue weighted by Crippen LogP contribution is -2.29. The fourth-order valence-corrected chi connectivity index (χ4v) is 3.22.